The Bertz CT molecular complexity index is 413. The van der Waals surface area contributed by atoms with Gasteiger partial charge in [-0.15, -0.1) is 0 Å². The Kier molecular flexibility index (Phi) is 3.11. The van der Waals surface area contributed by atoms with Crippen molar-refractivity contribution in [1.29, 1.82) is 0 Å². The highest BCUT2D eigenvalue weighted by Crippen LogP contribution is 2.44. The fourth-order valence-electron chi connectivity index (χ4n) is 1.32. The number of rotatable bonds is 2. The SMILES string of the molecule is CC(C=O)c1ccc(O)c(C(F)(F)F)c1O. The van der Waals surface area contributed by atoms with E-state index in [1.54, 1.807) is 0 Å². The lowest BCUT2D eigenvalue weighted by atomic mass is 9.98. The maximum atomic E-state index is 12.4. The highest BCUT2D eigenvalue weighted by molar-refractivity contribution is 5.65. The van der Waals surface area contributed by atoms with E-state index in [1.807, 2.05) is 0 Å². The molecule has 1 aromatic carbocycles. The van der Waals surface area contributed by atoms with Gasteiger partial charge >= 0.3 is 6.18 Å². The van der Waals surface area contributed by atoms with Crippen LogP contribution in [0.25, 0.3) is 0 Å². The Labute approximate surface area is 89.1 Å². The van der Waals surface area contributed by atoms with Gasteiger partial charge in [-0.3, -0.25) is 0 Å². The predicted molar refractivity (Wildman–Crippen MR) is 49.3 cm³/mol. The predicted octanol–water partition coefficient (Wildman–Crippen LogP) is 2.42. The molecule has 0 fully saturated rings. The van der Waals surface area contributed by atoms with Crippen molar-refractivity contribution in [1.82, 2.24) is 0 Å². The number of hydrogen-bond donors (Lipinski definition) is 2. The number of aldehydes is 1. The molecular formula is C10H9F3O3. The summed E-state index contributed by atoms with van der Waals surface area (Å²) in [6.45, 7) is 1.35. The van der Waals surface area contributed by atoms with E-state index in [4.69, 9.17) is 5.11 Å². The largest absolute Gasteiger partial charge is 0.507 e. The van der Waals surface area contributed by atoms with Gasteiger partial charge in [0.1, 0.15) is 23.3 Å². The van der Waals surface area contributed by atoms with Crippen LogP contribution >= 0.6 is 0 Å². The van der Waals surface area contributed by atoms with Crippen molar-refractivity contribution < 1.29 is 28.2 Å². The number of alkyl halides is 3. The second kappa shape index (κ2) is 4.03. The number of carbonyl (C=O) groups excluding carboxylic acids is 1. The van der Waals surface area contributed by atoms with Crippen LogP contribution in [0.15, 0.2) is 12.1 Å². The van der Waals surface area contributed by atoms with Gasteiger partial charge in [-0.05, 0) is 6.07 Å². The zero-order chi connectivity index (χ0) is 12.5. The number of halogens is 3. The molecule has 1 unspecified atom stereocenters. The van der Waals surface area contributed by atoms with Crippen LogP contribution in [0.3, 0.4) is 0 Å². The first-order valence-corrected chi connectivity index (χ1v) is 4.36. The van der Waals surface area contributed by atoms with Crippen LogP contribution in [0, 0.1) is 0 Å². The minimum absolute atomic E-state index is 0.167. The molecule has 1 rings (SSSR count). The summed E-state index contributed by atoms with van der Waals surface area (Å²) in [5.41, 5.74) is -1.68. The molecule has 6 heteroatoms. The Morgan fingerprint density at radius 2 is 1.88 bits per heavy atom. The van der Waals surface area contributed by atoms with Gasteiger partial charge in [-0.2, -0.15) is 13.2 Å². The lowest BCUT2D eigenvalue weighted by Crippen LogP contribution is -2.08. The summed E-state index contributed by atoms with van der Waals surface area (Å²) in [5.74, 6) is -3.04. The monoisotopic (exact) mass is 234 g/mol. The van der Waals surface area contributed by atoms with E-state index in [-0.39, 0.29) is 5.56 Å². The highest BCUT2D eigenvalue weighted by atomic mass is 19.4. The lowest BCUT2D eigenvalue weighted by Gasteiger charge is -2.15. The number of aromatic hydroxyl groups is 2. The smallest absolute Gasteiger partial charge is 0.423 e. The molecule has 0 bridgehead atoms. The number of hydrogen-bond acceptors (Lipinski definition) is 3. The fourth-order valence-corrected chi connectivity index (χ4v) is 1.32. The van der Waals surface area contributed by atoms with E-state index in [0.29, 0.717) is 6.29 Å². The van der Waals surface area contributed by atoms with Crippen LogP contribution in [-0.2, 0) is 11.0 Å². The molecular weight excluding hydrogens is 225 g/mol. The molecule has 0 aliphatic carbocycles. The topological polar surface area (TPSA) is 57.5 Å². The van der Waals surface area contributed by atoms with Gasteiger partial charge in [0.15, 0.2) is 0 Å². The normalized spacial score (nSPS) is 13.5. The van der Waals surface area contributed by atoms with Crippen molar-refractivity contribution in [2.24, 2.45) is 0 Å². The molecule has 0 saturated heterocycles. The molecule has 0 spiro atoms. The maximum absolute atomic E-state index is 12.4. The Morgan fingerprint density at radius 1 is 1.31 bits per heavy atom. The third-order valence-corrected chi connectivity index (χ3v) is 2.17. The van der Waals surface area contributed by atoms with Crippen molar-refractivity contribution in [3.8, 4) is 11.5 Å². The lowest BCUT2D eigenvalue weighted by molar-refractivity contribution is -0.140. The molecule has 0 amide bonds. The molecule has 1 aromatic rings. The van der Waals surface area contributed by atoms with Crippen LogP contribution in [0.2, 0.25) is 0 Å². The summed E-state index contributed by atoms with van der Waals surface area (Å²) in [6, 6.07) is 1.89. The molecule has 0 aliphatic heterocycles. The van der Waals surface area contributed by atoms with Gasteiger partial charge in [0.05, 0.1) is 0 Å². The number of carbonyl (C=O) groups is 1. The minimum Gasteiger partial charge on any atom is -0.507 e. The molecule has 0 heterocycles. The van der Waals surface area contributed by atoms with Crippen molar-refractivity contribution in [3.63, 3.8) is 0 Å². The molecule has 0 radical (unpaired) electrons. The number of phenolic OH excluding ortho intramolecular Hbond substituents is 2. The molecule has 0 aliphatic rings. The van der Waals surface area contributed by atoms with Gasteiger partial charge in [-0.1, -0.05) is 13.0 Å². The molecule has 1 atom stereocenters. The summed E-state index contributed by atoms with van der Waals surface area (Å²) in [6.07, 6.45) is -4.46. The van der Waals surface area contributed by atoms with Crippen LogP contribution in [0.4, 0.5) is 13.2 Å². The van der Waals surface area contributed by atoms with Gasteiger partial charge < -0.3 is 15.0 Å². The van der Waals surface area contributed by atoms with Gasteiger partial charge in [0, 0.05) is 11.5 Å². The third-order valence-electron chi connectivity index (χ3n) is 2.17. The summed E-state index contributed by atoms with van der Waals surface area (Å²) < 4.78 is 37.3. The Morgan fingerprint density at radius 3 is 2.31 bits per heavy atom. The van der Waals surface area contributed by atoms with Crippen molar-refractivity contribution in [2.45, 2.75) is 19.0 Å². The Balaban J connectivity index is 3.44. The second-order valence-corrected chi connectivity index (χ2v) is 3.32. The molecule has 0 aromatic heterocycles. The Hall–Kier alpha value is -1.72. The summed E-state index contributed by atoms with van der Waals surface area (Å²) in [4.78, 5) is 10.4. The average Bonchev–Trinajstić information content (AvgIpc) is 2.14. The molecule has 3 nitrogen and oxygen atoms in total. The van der Waals surface area contributed by atoms with Crippen molar-refractivity contribution >= 4 is 6.29 Å². The summed E-state index contributed by atoms with van der Waals surface area (Å²) >= 11 is 0. The van der Waals surface area contributed by atoms with E-state index in [1.165, 1.54) is 6.92 Å². The van der Waals surface area contributed by atoms with E-state index in [9.17, 15) is 23.1 Å². The van der Waals surface area contributed by atoms with Crippen LogP contribution in [0.1, 0.15) is 24.0 Å². The zero-order valence-electron chi connectivity index (χ0n) is 8.25. The summed E-state index contributed by atoms with van der Waals surface area (Å²) in [7, 11) is 0. The molecule has 16 heavy (non-hydrogen) atoms. The van der Waals surface area contributed by atoms with Crippen LogP contribution in [0.5, 0.6) is 11.5 Å². The summed E-state index contributed by atoms with van der Waals surface area (Å²) in [5, 5.41) is 18.4. The molecule has 0 saturated carbocycles. The van der Waals surface area contributed by atoms with E-state index in [2.05, 4.69) is 0 Å². The minimum atomic E-state index is -4.87. The molecule has 2 N–H and O–H groups in total. The second-order valence-electron chi connectivity index (χ2n) is 3.32. The first kappa shape index (κ1) is 12.4. The van der Waals surface area contributed by atoms with E-state index in [0.717, 1.165) is 12.1 Å². The molecule has 88 valence electrons. The standard InChI is InChI=1S/C10H9F3O3/c1-5(4-14)6-2-3-7(15)8(9(6)16)10(11,12)13/h2-5,15-16H,1H3. The quantitative estimate of drug-likeness (QED) is 0.772. The van der Waals surface area contributed by atoms with Crippen molar-refractivity contribution in [2.75, 3.05) is 0 Å². The van der Waals surface area contributed by atoms with Crippen LogP contribution < -0.4 is 0 Å². The van der Waals surface area contributed by atoms with Crippen molar-refractivity contribution in [3.05, 3.63) is 23.3 Å². The number of benzene rings is 1. The fraction of sp³-hybridized carbons (Fsp3) is 0.300. The maximum Gasteiger partial charge on any atom is 0.423 e. The van der Waals surface area contributed by atoms with E-state index >= 15 is 0 Å². The average molecular weight is 234 g/mol. The highest BCUT2D eigenvalue weighted by Gasteiger charge is 2.38. The van der Waals surface area contributed by atoms with Crippen LogP contribution in [-0.4, -0.2) is 16.5 Å². The third kappa shape index (κ3) is 2.10. The van der Waals surface area contributed by atoms with Gasteiger partial charge in [0.2, 0.25) is 0 Å². The first-order chi connectivity index (χ1) is 7.29. The van der Waals surface area contributed by atoms with Gasteiger partial charge in [-0.25, -0.2) is 0 Å². The van der Waals surface area contributed by atoms with Gasteiger partial charge in [0.25, 0.3) is 0 Å². The first-order valence-electron chi connectivity index (χ1n) is 4.36. The number of phenols is 2. The zero-order valence-corrected chi connectivity index (χ0v) is 8.25. The van der Waals surface area contributed by atoms with E-state index < -0.39 is 29.2 Å².